The molecule has 27 heavy (non-hydrogen) atoms. The number of ether oxygens (including phenoxy) is 1. The standard InChI is InChI=1S/C20H17NO4S2/c1-2-21-18(22)17(27-20(21)26)11-13-5-9-16(10-6-13)25-12-14-3-7-15(8-4-14)19(23)24/h3-11H,2,12H2,1H3,(H,23,24). The number of rotatable bonds is 6. The monoisotopic (exact) mass is 399 g/mol. The highest BCUT2D eigenvalue weighted by Crippen LogP contribution is 2.32. The van der Waals surface area contributed by atoms with Crippen LogP contribution in [-0.4, -0.2) is 32.7 Å². The van der Waals surface area contributed by atoms with Gasteiger partial charge in [-0.2, -0.15) is 0 Å². The van der Waals surface area contributed by atoms with Gasteiger partial charge < -0.3 is 9.84 Å². The van der Waals surface area contributed by atoms with Crippen LogP contribution in [0.3, 0.4) is 0 Å². The van der Waals surface area contributed by atoms with Gasteiger partial charge in [0, 0.05) is 6.54 Å². The summed E-state index contributed by atoms with van der Waals surface area (Å²) >= 11 is 6.52. The lowest BCUT2D eigenvalue weighted by atomic mass is 10.1. The first-order chi connectivity index (χ1) is 13.0. The fourth-order valence-corrected chi connectivity index (χ4v) is 3.88. The predicted octanol–water partition coefficient (Wildman–Crippen LogP) is 4.18. The molecule has 1 N–H and O–H groups in total. The third-order valence-electron chi connectivity index (χ3n) is 3.97. The number of carboxylic acid groups (broad SMARTS) is 1. The Bertz CT molecular complexity index is 905. The molecule has 1 aliphatic rings. The van der Waals surface area contributed by atoms with Gasteiger partial charge >= 0.3 is 5.97 Å². The number of carbonyl (C=O) groups excluding carboxylic acids is 1. The molecule has 0 aromatic heterocycles. The van der Waals surface area contributed by atoms with E-state index in [1.54, 1.807) is 29.2 Å². The van der Waals surface area contributed by atoms with Crippen molar-refractivity contribution >= 4 is 46.3 Å². The number of hydrogen-bond acceptors (Lipinski definition) is 5. The second-order valence-electron chi connectivity index (χ2n) is 5.79. The van der Waals surface area contributed by atoms with Gasteiger partial charge in [0.25, 0.3) is 5.91 Å². The number of carboxylic acids is 1. The maximum Gasteiger partial charge on any atom is 0.335 e. The summed E-state index contributed by atoms with van der Waals surface area (Å²) in [6.45, 7) is 2.81. The van der Waals surface area contributed by atoms with Crippen molar-refractivity contribution in [3.63, 3.8) is 0 Å². The van der Waals surface area contributed by atoms with E-state index >= 15 is 0 Å². The van der Waals surface area contributed by atoms with Crippen LogP contribution in [-0.2, 0) is 11.4 Å². The average Bonchev–Trinajstić information content (AvgIpc) is 2.94. The molecule has 1 heterocycles. The van der Waals surface area contributed by atoms with E-state index in [9.17, 15) is 9.59 Å². The minimum atomic E-state index is -0.950. The Labute approximate surface area is 166 Å². The Hall–Kier alpha value is -2.64. The third-order valence-corrected chi connectivity index (χ3v) is 5.35. The molecule has 0 saturated carbocycles. The maximum atomic E-state index is 12.2. The number of amides is 1. The zero-order valence-corrected chi connectivity index (χ0v) is 16.2. The highest BCUT2D eigenvalue weighted by Gasteiger charge is 2.30. The summed E-state index contributed by atoms with van der Waals surface area (Å²) in [5.74, 6) is -0.317. The van der Waals surface area contributed by atoms with Crippen LogP contribution in [0.4, 0.5) is 0 Å². The van der Waals surface area contributed by atoms with E-state index in [2.05, 4.69) is 0 Å². The minimum absolute atomic E-state index is 0.0577. The van der Waals surface area contributed by atoms with Gasteiger partial charge in [-0.25, -0.2) is 4.79 Å². The molecule has 0 atom stereocenters. The number of carbonyl (C=O) groups is 2. The van der Waals surface area contributed by atoms with E-state index in [-0.39, 0.29) is 11.5 Å². The summed E-state index contributed by atoms with van der Waals surface area (Å²) < 4.78 is 6.31. The first kappa shape index (κ1) is 19.1. The molecule has 1 saturated heterocycles. The molecular weight excluding hydrogens is 382 g/mol. The molecule has 1 aliphatic heterocycles. The van der Waals surface area contributed by atoms with Gasteiger partial charge in [0.1, 0.15) is 16.7 Å². The Morgan fingerprint density at radius 3 is 2.41 bits per heavy atom. The van der Waals surface area contributed by atoms with E-state index in [1.807, 2.05) is 37.3 Å². The fourth-order valence-electron chi connectivity index (χ4n) is 2.49. The summed E-state index contributed by atoms with van der Waals surface area (Å²) in [6.07, 6.45) is 1.82. The lowest BCUT2D eigenvalue weighted by Gasteiger charge is -2.09. The van der Waals surface area contributed by atoms with Gasteiger partial charge in [-0.15, -0.1) is 0 Å². The number of hydrogen-bond donors (Lipinski definition) is 1. The largest absolute Gasteiger partial charge is 0.489 e. The van der Waals surface area contributed by atoms with Crippen molar-refractivity contribution in [2.45, 2.75) is 13.5 Å². The number of likely N-dealkylation sites (N-methyl/N-ethyl adjacent to an activating group) is 1. The van der Waals surface area contributed by atoms with Crippen LogP contribution < -0.4 is 4.74 Å². The van der Waals surface area contributed by atoms with Crippen LogP contribution in [0.2, 0.25) is 0 Å². The van der Waals surface area contributed by atoms with E-state index in [1.165, 1.54) is 11.8 Å². The first-order valence-corrected chi connectivity index (χ1v) is 9.51. The molecule has 2 aromatic carbocycles. The van der Waals surface area contributed by atoms with Crippen molar-refractivity contribution in [2.75, 3.05) is 6.54 Å². The second kappa shape index (κ2) is 8.37. The normalized spacial score (nSPS) is 15.4. The molecule has 138 valence electrons. The van der Waals surface area contributed by atoms with E-state index in [0.29, 0.717) is 28.1 Å². The summed E-state index contributed by atoms with van der Waals surface area (Å²) in [5, 5.41) is 8.90. The molecule has 1 amide bonds. The zero-order chi connectivity index (χ0) is 19.4. The molecule has 0 aliphatic carbocycles. The average molecular weight is 399 g/mol. The molecule has 1 fully saturated rings. The van der Waals surface area contributed by atoms with Crippen LogP contribution in [0.1, 0.15) is 28.4 Å². The van der Waals surface area contributed by atoms with Crippen molar-refractivity contribution in [1.82, 2.24) is 4.90 Å². The molecule has 2 aromatic rings. The van der Waals surface area contributed by atoms with Crippen molar-refractivity contribution < 1.29 is 19.4 Å². The molecule has 0 bridgehead atoms. The van der Waals surface area contributed by atoms with Gasteiger partial charge in [-0.1, -0.05) is 48.2 Å². The Morgan fingerprint density at radius 2 is 1.85 bits per heavy atom. The summed E-state index contributed by atoms with van der Waals surface area (Å²) in [7, 11) is 0. The second-order valence-corrected chi connectivity index (χ2v) is 7.46. The Kier molecular flexibility index (Phi) is 5.93. The maximum absolute atomic E-state index is 12.2. The summed E-state index contributed by atoms with van der Waals surface area (Å²) in [6, 6.07) is 14.0. The number of benzene rings is 2. The van der Waals surface area contributed by atoms with E-state index in [0.717, 1.165) is 11.1 Å². The number of thiocarbonyl (C=S) groups is 1. The minimum Gasteiger partial charge on any atom is -0.489 e. The molecule has 0 unspecified atom stereocenters. The van der Waals surface area contributed by atoms with Crippen LogP contribution >= 0.6 is 24.0 Å². The number of aromatic carboxylic acids is 1. The lowest BCUT2D eigenvalue weighted by molar-refractivity contribution is -0.121. The van der Waals surface area contributed by atoms with Gasteiger partial charge in [0.2, 0.25) is 0 Å². The van der Waals surface area contributed by atoms with Crippen molar-refractivity contribution in [2.24, 2.45) is 0 Å². The van der Waals surface area contributed by atoms with Crippen LogP contribution in [0.25, 0.3) is 6.08 Å². The molecule has 0 spiro atoms. The highest BCUT2D eigenvalue weighted by molar-refractivity contribution is 8.26. The van der Waals surface area contributed by atoms with Gasteiger partial charge in [0.05, 0.1) is 10.5 Å². The van der Waals surface area contributed by atoms with Gasteiger partial charge in [0.15, 0.2) is 0 Å². The van der Waals surface area contributed by atoms with Crippen molar-refractivity contribution in [3.8, 4) is 5.75 Å². The Balaban J connectivity index is 1.62. The number of nitrogens with zero attached hydrogens (tertiary/aromatic N) is 1. The third kappa shape index (κ3) is 4.56. The first-order valence-electron chi connectivity index (χ1n) is 8.28. The van der Waals surface area contributed by atoms with E-state index in [4.69, 9.17) is 22.1 Å². The summed E-state index contributed by atoms with van der Waals surface area (Å²) in [5.41, 5.74) is 2.02. The highest BCUT2D eigenvalue weighted by atomic mass is 32.2. The topological polar surface area (TPSA) is 66.8 Å². The fraction of sp³-hybridized carbons (Fsp3) is 0.150. The molecule has 7 heteroatoms. The van der Waals surface area contributed by atoms with Crippen LogP contribution in [0, 0.1) is 0 Å². The Morgan fingerprint density at radius 1 is 1.19 bits per heavy atom. The molecule has 0 radical (unpaired) electrons. The van der Waals surface area contributed by atoms with Crippen molar-refractivity contribution in [1.29, 1.82) is 0 Å². The quantitative estimate of drug-likeness (QED) is 0.580. The predicted molar refractivity (Wildman–Crippen MR) is 110 cm³/mol. The van der Waals surface area contributed by atoms with E-state index < -0.39 is 5.97 Å². The van der Waals surface area contributed by atoms with Gasteiger partial charge in [-0.05, 0) is 48.4 Å². The van der Waals surface area contributed by atoms with Crippen molar-refractivity contribution in [3.05, 3.63) is 70.1 Å². The smallest absolute Gasteiger partial charge is 0.335 e. The molecule has 5 nitrogen and oxygen atoms in total. The van der Waals surface area contributed by atoms with Crippen LogP contribution in [0.15, 0.2) is 53.4 Å². The molecule has 3 rings (SSSR count). The number of thioether (sulfide) groups is 1. The van der Waals surface area contributed by atoms with Crippen LogP contribution in [0.5, 0.6) is 5.75 Å². The van der Waals surface area contributed by atoms with Gasteiger partial charge in [-0.3, -0.25) is 9.69 Å². The molecular formula is C20H17NO4S2. The summed E-state index contributed by atoms with van der Waals surface area (Å²) in [4.78, 5) is 25.3. The zero-order valence-electron chi connectivity index (χ0n) is 14.5. The lowest BCUT2D eigenvalue weighted by Crippen LogP contribution is -2.27. The SMILES string of the molecule is CCN1C(=O)C(=Cc2ccc(OCc3ccc(C(=O)O)cc3)cc2)SC1=S.